The van der Waals surface area contributed by atoms with Crippen molar-refractivity contribution in [1.29, 1.82) is 5.26 Å². The van der Waals surface area contributed by atoms with Gasteiger partial charge in [0.2, 0.25) is 0 Å². The molecule has 4 aromatic rings. The van der Waals surface area contributed by atoms with Crippen LogP contribution in [0.5, 0.6) is 0 Å². The number of hydrogen-bond donors (Lipinski definition) is 3. The number of benzene rings is 1. The number of aromatic amines is 2. The molecule has 1 saturated heterocycles. The van der Waals surface area contributed by atoms with E-state index in [0.717, 1.165) is 71.6 Å². The van der Waals surface area contributed by atoms with Gasteiger partial charge in [-0.25, -0.2) is 4.98 Å². The Morgan fingerprint density at radius 1 is 1.17 bits per heavy atom. The summed E-state index contributed by atoms with van der Waals surface area (Å²) in [7, 11) is 0. The number of rotatable bonds is 5. The first-order chi connectivity index (χ1) is 14.8. The van der Waals surface area contributed by atoms with Gasteiger partial charge in [0.05, 0.1) is 23.0 Å². The number of anilines is 1. The zero-order valence-electron chi connectivity index (χ0n) is 16.6. The summed E-state index contributed by atoms with van der Waals surface area (Å²) in [6, 6.07) is 14.6. The minimum Gasteiger partial charge on any atom is -0.381 e. The third kappa shape index (κ3) is 3.53. The molecule has 30 heavy (non-hydrogen) atoms. The Balaban J connectivity index is 1.31. The van der Waals surface area contributed by atoms with Crippen molar-refractivity contribution in [1.82, 2.24) is 25.1 Å². The van der Waals surface area contributed by atoms with Crippen LogP contribution in [0.1, 0.15) is 24.0 Å². The molecule has 0 bridgehead atoms. The van der Waals surface area contributed by atoms with Crippen LogP contribution in [0.15, 0.2) is 55.0 Å². The number of H-pyrrole nitrogens is 2. The van der Waals surface area contributed by atoms with Crippen LogP contribution in [0.2, 0.25) is 0 Å². The number of nitriles is 1. The summed E-state index contributed by atoms with van der Waals surface area (Å²) in [6.45, 7) is 2.82. The molecule has 4 heterocycles. The number of fused-ring (bicyclic) bond motifs is 1. The van der Waals surface area contributed by atoms with Gasteiger partial charge in [0, 0.05) is 55.2 Å². The maximum Gasteiger partial charge on any atom is 0.139 e. The topological polar surface area (TPSA) is 96.4 Å². The van der Waals surface area contributed by atoms with E-state index in [-0.39, 0.29) is 0 Å². The van der Waals surface area contributed by atoms with Crippen molar-refractivity contribution in [2.75, 3.05) is 18.4 Å². The van der Waals surface area contributed by atoms with Crippen molar-refractivity contribution in [3.63, 3.8) is 0 Å². The van der Waals surface area contributed by atoms with Crippen LogP contribution in [-0.4, -0.2) is 44.2 Å². The number of likely N-dealkylation sites (tertiary alicyclic amines) is 1. The maximum atomic E-state index is 9.33. The van der Waals surface area contributed by atoms with Gasteiger partial charge in [-0.2, -0.15) is 10.4 Å². The van der Waals surface area contributed by atoms with Crippen molar-refractivity contribution in [3.05, 3.63) is 66.1 Å². The van der Waals surface area contributed by atoms with Crippen molar-refractivity contribution in [2.45, 2.75) is 25.4 Å². The summed E-state index contributed by atoms with van der Waals surface area (Å²) in [5.41, 5.74) is 5.85. The van der Waals surface area contributed by atoms with E-state index in [4.69, 9.17) is 0 Å². The quantitative estimate of drug-likeness (QED) is 0.475. The molecule has 0 radical (unpaired) electrons. The molecule has 3 N–H and O–H groups in total. The molecule has 0 saturated carbocycles. The second kappa shape index (κ2) is 8.01. The van der Waals surface area contributed by atoms with E-state index in [2.05, 4.69) is 48.6 Å². The first kappa shape index (κ1) is 18.4. The molecule has 0 spiro atoms. The van der Waals surface area contributed by atoms with Crippen molar-refractivity contribution in [2.24, 2.45) is 0 Å². The average molecular weight is 397 g/mol. The standard InChI is InChI=1S/C23H23N7/c24-13-16-3-1-2-4-17(16)15-30-11-7-18(8-12-30)28-22-19-5-9-25-23(19)26-14-20(22)21-6-10-27-29-21/h1-6,9-10,14,18H,7-8,11-12,15H2,(H,27,29)(H2,25,26,28). The Hall–Kier alpha value is -3.63. The smallest absolute Gasteiger partial charge is 0.139 e. The van der Waals surface area contributed by atoms with Gasteiger partial charge in [-0.3, -0.25) is 10.00 Å². The molecule has 1 aliphatic rings. The van der Waals surface area contributed by atoms with Crippen LogP contribution in [0, 0.1) is 11.3 Å². The molecular formula is C23H23N7. The lowest BCUT2D eigenvalue weighted by molar-refractivity contribution is 0.211. The lowest BCUT2D eigenvalue weighted by Crippen LogP contribution is -2.38. The summed E-state index contributed by atoms with van der Waals surface area (Å²) >= 11 is 0. The molecule has 3 aromatic heterocycles. The lowest BCUT2D eigenvalue weighted by atomic mass is 10.0. The normalized spacial score (nSPS) is 15.3. The highest BCUT2D eigenvalue weighted by Gasteiger charge is 2.22. The third-order valence-electron chi connectivity index (χ3n) is 5.85. The molecule has 150 valence electrons. The highest BCUT2D eigenvalue weighted by molar-refractivity contribution is 5.97. The van der Waals surface area contributed by atoms with E-state index in [1.54, 1.807) is 6.20 Å². The maximum absolute atomic E-state index is 9.33. The first-order valence-corrected chi connectivity index (χ1v) is 10.2. The van der Waals surface area contributed by atoms with E-state index < -0.39 is 0 Å². The molecule has 0 atom stereocenters. The molecule has 0 unspecified atom stereocenters. The predicted octanol–water partition coefficient (Wildman–Crippen LogP) is 3.90. The lowest BCUT2D eigenvalue weighted by Gasteiger charge is -2.33. The second-order valence-corrected chi connectivity index (χ2v) is 7.72. The summed E-state index contributed by atoms with van der Waals surface area (Å²) in [4.78, 5) is 10.2. The molecule has 1 fully saturated rings. The van der Waals surface area contributed by atoms with Crippen LogP contribution in [-0.2, 0) is 6.54 Å². The first-order valence-electron chi connectivity index (χ1n) is 10.2. The fourth-order valence-electron chi connectivity index (χ4n) is 4.22. The number of hydrogen-bond acceptors (Lipinski definition) is 5. The van der Waals surface area contributed by atoms with Gasteiger partial charge in [0.1, 0.15) is 5.65 Å². The molecule has 0 amide bonds. The van der Waals surface area contributed by atoms with E-state index in [1.165, 1.54) is 0 Å². The summed E-state index contributed by atoms with van der Waals surface area (Å²) in [5, 5.41) is 21.4. The van der Waals surface area contributed by atoms with Crippen molar-refractivity contribution < 1.29 is 0 Å². The van der Waals surface area contributed by atoms with Gasteiger partial charge < -0.3 is 10.3 Å². The Kier molecular flexibility index (Phi) is 4.91. The SMILES string of the molecule is N#Cc1ccccc1CN1CCC(Nc2c(-c3ccn[nH]3)cnc3[nH]ccc23)CC1. The van der Waals surface area contributed by atoms with Gasteiger partial charge in [-0.05, 0) is 36.6 Å². The number of nitrogens with one attached hydrogen (secondary N) is 3. The van der Waals surface area contributed by atoms with Gasteiger partial charge in [0.15, 0.2) is 0 Å². The van der Waals surface area contributed by atoms with E-state index in [9.17, 15) is 5.26 Å². The Morgan fingerprint density at radius 3 is 2.83 bits per heavy atom. The van der Waals surface area contributed by atoms with Crippen LogP contribution in [0.3, 0.4) is 0 Å². The fourth-order valence-corrected chi connectivity index (χ4v) is 4.22. The zero-order valence-corrected chi connectivity index (χ0v) is 16.6. The third-order valence-corrected chi connectivity index (χ3v) is 5.85. The number of nitrogens with zero attached hydrogens (tertiary/aromatic N) is 4. The monoisotopic (exact) mass is 397 g/mol. The van der Waals surface area contributed by atoms with Gasteiger partial charge in [-0.15, -0.1) is 0 Å². The zero-order chi connectivity index (χ0) is 20.3. The summed E-state index contributed by atoms with van der Waals surface area (Å²) < 4.78 is 0. The molecular weight excluding hydrogens is 374 g/mol. The van der Waals surface area contributed by atoms with Gasteiger partial charge in [0.25, 0.3) is 0 Å². The van der Waals surface area contributed by atoms with Crippen molar-refractivity contribution >= 4 is 16.7 Å². The highest BCUT2D eigenvalue weighted by Crippen LogP contribution is 2.33. The highest BCUT2D eigenvalue weighted by atomic mass is 15.1. The minimum absolute atomic E-state index is 0.384. The Bertz CT molecular complexity index is 1180. The van der Waals surface area contributed by atoms with E-state index >= 15 is 0 Å². The van der Waals surface area contributed by atoms with Crippen LogP contribution < -0.4 is 5.32 Å². The second-order valence-electron chi connectivity index (χ2n) is 7.72. The van der Waals surface area contributed by atoms with E-state index in [1.807, 2.05) is 36.7 Å². The number of piperidine rings is 1. The number of pyridine rings is 1. The van der Waals surface area contributed by atoms with E-state index in [0.29, 0.717) is 6.04 Å². The number of aromatic nitrogens is 4. The van der Waals surface area contributed by atoms with Crippen LogP contribution in [0.25, 0.3) is 22.3 Å². The van der Waals surface area contributed by atoms with Crippen LogP contribution in [0.4, 0.5) is 5.69 Å². The molecule has 1 aromatic carbocycles. The Morgan fingerprint density at radius 2 is 2.03 bits per heavy atom. The summed E-state index contributed by atoms with van der Waals surface area (Å²) in [5.74, 6) is 0. The predicted molar refractivity (Wildman–Crippen MR) is 117 cm³/mol. The van der Waals surface area contributed by atoms with Crippen molar-refractivity contribution in [3.8, 4) is 17.3 Å². The fraction of sp³-hybridized carbons (Fsp3) is 0.261. The minimum atomic E-state index is 0.384. The average Bonchev–Trinajstić information content (AvgIpc) is 3.48. The van der Waals surface area contributed by atoms with Gasteiger partial charge >= 0.3 is 0 Å². The molecule has 0 aliphatic carbocycles. The largest absolute Gasteiger partial charge is 0.381 e. The molecule has 1 aliphatic heterocycles. The molecule has 7 heteroatoms. The van der Waals surface area contributed by atoms with Crippen LogP contribution >= 0.6 is 0 Å². The Labute approximate surface area is 174 Å². The summed E-state index contributed by atoms with van der Waals surface area (Å²) in [6.07, 6.45) is 7.67. The molecule has 5 rings (SSSR count). The van der Waals surface area contributed by atoms with Gasteiger partial charge in [-0.1, -0.05) is 18.2 Å². The molecule has 7 nitrogen and oxygen atoms in total.